The number of carbonyl (C=O) groups excluding carboxylic acids is 2. The lowest BCUT2D eigenvalue weighted by Crippen LogP contribution is -2.51. The van der Waals surface area contributed by atoms with E-state index in [9.17, 15) is 9.59 Å². The summed E-state index contributed by atoms with van der Waals surface area (Å²) in [5.74, 6) is 1.04. The van der Waals surface area contributed by atoms with Gasteiger partial charge in [0.05, 0.1) is 12.2 Å². The summed E-state index contributed by atoms with van der Waals surface area (Å²) in [6, 6.07) is 8.50. The zero-order valence-corrected chi connectivity index (χ0v) is 17.2. The maximum absolute atomic E-state index is 12.8. The van der Waals surface area contributed by atoms with Gasteiger partial charge in [0.2, 0.25) is 0 Å². The van der Waals surface area contributed by atoms with Crippen molar-refractivity contribution in [3.8, 4) is 0 Å². The summed E-state index contributed by atoms with van der Waals surface area (Å²) in [5.41, 5.74) is 1.44. The maximum Gasteiger partial charge on any atom is 0.328 e. The second kappa shape index (κ2) is 8.80. The predicted octanol–water partition coefficient (Wildman–Crippen LogP) is 3.61. The zero-order chi connectivity index (χ0) is 20.3. The van der Waals surface area contributed by atoms with Crippen molar-refractivity contribution in [3.63, 3.8) is 0 Å². The van der Waals surface area contributed by atoms with Crippen LogP contribution in [0.1, 0.15) is 40.4 Å². The second-order valence-electron chi connectivity index (χ2n) is 6.86. The summed E-state index contributed by atoms with van der Waals surface area (Å²) >= 11 is 5.99. The molecule has 1 aromatic heterocycles. The molecule has 1 aliphatic rings. The first-order valence-electron chi connectivity index (χ1n) is 9.43. The molecule has 0 radical (unpaired) electrons. The van der Waals surface area contributed by atoms with Crippen LogP contribution in [0.25, 0.3) is 0 Å². The Bertz CT molecular complexity index is 839. The number of halogens is 1. The Morgan fingerprint density at radius 1 is 1.14 bits per heavy atom. The first-order chi connectivity index (χ1) is 13.4. The zero-order valence-electron chi connectivity index (χ0n) is 16.4. The van der Waals surface area contributed by atoms with Crippen LogP contribution in [0.4, 0.5) is 0 Å². The molecule has 0 N–H and O–H groups in total. The highest BCUT2D eigenvalue weighted by atomic mass is 35.5. The van der Waals surface area contributed by atoms with E-state index < -0.39 is 6.04 Å². The van der Waals surface area contributed by atoms with Crippen molar-refractivity contribution in [2.45, 2.75) is 26.8 Å². The van der Waals surface area contributed by atoms with Crippen molar-refractivity contribution in [2.75, 3.05) is 32.8 Å². The number of rotatable bonds is 5. The molecule has 0 unspecified atom stereocenters. The van der Waals surface area contributed by atoms with E-state index in [4.69, 9.17) is 20.8 Å². The molecule has 28 heavy (non-hydrogen) atoms. The molecular formula is C21H25ClN2O4. The Morgan fingerprint density at radius 3 is 2.32 bits per heavy atom. The van der Waals surface area contributed by atoms with Crippen LogP contribution in [-0.2, 0) is 9.53 Å². The number of esters is 1. The highest BCUT2D eigenvalue weighted by Gasteiger charge is 2.33. The number of piperazine rings is 1. The van der Waals surface area contributed by atoms with E-state index in [-0.39, 0.29) is 11.9 Å². The van der Waals surface area contributed by atoms with Crippen LogP contribution in [0.3, 0.4) is 0 Å². The van der Waals surface area contributed by atoms with E-state index >= 15 is 0 Å². The van der Waals surface area contributed by atoms with Gasteiger partial charge >= 0.3 is 5.97 Å². The molecule has 7 heteroatoms. The van der Waals surface area contributed by atoms with Crippen molar-refractivity contribution in [3.05, 3.63) is 58.0 Å². The van der Waals surface area contributed by atoms with Crippen LogP contribution in [0.2, 0.25) is 5.02 Å². The Morgan fingerprint density at radius 2 is 1.79 bits per heavy atom. The molecule has 1 atom stereocenters. The smallest absolute Gasteiger partial charge is 0.328 e. The number of hydrogen-bond acceptors (Lipinski definition) is 5. The van der Waals surface area contributed by atoms with Gasteiger partial charge in [0, 0.05) is 31.2 Å². The van der Waals surface area contributed by atoms with E-state index in [1.165, 1.54) is 0 Å². The largest absolute Gasteiger partial charge is 0.466 e. The van der Waals surface area contributed by atoms with Crippen LogP contribution in [0.5, 0.6) is 0 Å². The van der Waals surface area contributed by atoms with E-state index in [0.29, 0.717) is 49.1 Å². The highest BCUT2D eigenvalue weighted by molar-refractivity contribution is 6.30. The van der Waals surface area contributed by atoms with E-state index in [1.807, 2.05) is 19.1 Å². The lowest BCUT2D eigenvalue weighted by atomic mass is 10.0. The molecule has 0 spiro atoms. The molecule has 1 aliphatic heterocycles. The fraction of sp³-hybridized carbons (Fsp3) is 0.429. The number of amides is 1. The monoisotopic (exact) mass is 404 g/mol. The summed E-state index contributed by atoms with van der Waals surface area (Å²) in [4.78, 5) is 29.3. The summed E-state index contributed by atoms with van der Waals surface area (Å²) in [5, 5.41) is 0.618. The van der Waals surface area contributed by atoms with Crippen LogP contribution in [0, 0.1) is 13.8 Å². The summed E-state index contributed by atoms with van der Waals surface area (Å²) < 4.78 is 10.8. The number of carbonyl (C=O) groups is 2. The number of benzene rings is 1. The molecule has 1 aromatic carbocycles. The lowest BCUT2D eigenvalue weighted by Gasteiger charge is -2.38. The van der Waals surface area contributed by atoms with Crippen molar-refractivity contribution < 1.29 is 18.7 Å². The molecule has 0 saturated carbocycles. The minimum atomic E-state index is -0.507. The van der Waals surface area contributed by atoms with Gasteiger partial charge in [-0.25, -0.2) is 4.79 Å². The van der Waals surface area contributed by atoms with Crippen LogP contribution >= 0.6 is 11.6 Å². The van der Waals surface area contributed by atoms with Gasteiger partial charge in [-0.1, -0.05) is 23.7 Å². The van der Waals surface area contributed by atoms with Gasteiger partial charge in [-0.05, 0) is 44.5 Å². The molecule has 2 heterocycles. The van der Waals surface area contributed by atoms with Gasteiger partial charge < -0.3 is 14.1 Å². The van der Waals surface area contributed by atoms with Crippen LogP contribution in [0.15, 0.2) is 34.7 Å². The molecule has 0 aliphatic carbocycles. The van der Waals surface area contributed by atoms with Gasteiger partial charge in [0.1, 0.15) is 17.6 Å². The molecule has 1 fully saturated rings. The molecule has 3 rings (SSSR count). The maximum atomic E-state index is 12.8. The van der Waals surface area contributed by atoms with Crippen molar-refractivity contribution in [1.82, 2.24) is 9.80 Å². The first kappa shape index (κ1) is 20.4. The third-order valence-electron chi connectivity index (χ3n) is 4.93. The van der Waals surface area contributed by atoms with Crippen LogP contribution in [-0.4, -0.2) is 54.5 Å². The average molecular weight is 405 g/mol. The summed E-state index contributed by atoms with van der Waals surface area (Å²) in [6.45, 7) is 7.97. The quantitative estimate of drug-likeness (QED) is 0.712. The number of nitrogens with zero attached hydrogens (tertiary/aromatic N) is 2. The number of aryl methyl sites for hydroxylation is 2. The normalized spacial score (nSPS) is 16.1. The van der Waals surface area contributed by atoms with Gasteiger partial charge in [-0.15, -0.1) is 0 Å². The van der Waals surface area contributed by atoms with E-state index in [1.54, 1.807) is 36.9 Å². The third-order valence-corrected chi connectivity index (χ3v) is 5.19. The molecule has 1 saturated heterocycles. The topological polar surface area (TPSA) is 63.0 Å². The second-order valence-corrected chi connectivity index (χ2v) is 7.30. The SMILES string of the molecule is CCOC(=O)[C@@H](c1ccc(Cl)cc1)N1CCN(C(=O)c2cc(C)oc2C)CC1. The van der Waals surface area contributed by atoms with Gasteiger partial charge in [-0.2, -0.15) is 0 Å². The average Bonchev–Trinajstić information content (AvgIpc) is 3.02. The minimum absolute atomic E-state index is 0.0341. The molecule has 150 valence electrons. The molecule has 1 amide bonds. The van der Waals surface area contributed by atoms with Gasteiger partial charge in [-0.3, -0.25) is 9.69 Å². The highest BCUT2D eigenvalue weighted by Crippen LogP contribution is 2.26. The fourth-order valence-electron chi connectivity index (χ4n) is 3.56. The van der Waals surface area contributed by atoms with Crippen molar-refractivity contribution in [2.24, 2.45) is 0 Å². The lowest BCUT2D eigenvalue weighted by molar-refractivity contribution is -0.150. The number of hydrogen-bond donors (Lipinski definition) is 0. The standard InChI is InChI=1S/C21H25ClN2O4/c1-4-27-21(26)19(16-5-7-17(22)8-6-16)23-9-11-24(12-10-23)20(25)18-13-14(2)28-15(18)3/h5-8,13,19H,4,9-12H2,1-3H3/t19-/m1/s1. The van der Waals surface area contributed by atoms with E-state index in [2.05, 4.69) is 4.90 Å². The Kier molecular flexibility index (Phi) is 6.42. The molecule has 2 aromatic rings. The Hall–Kier alpha value is -2.31. The number of furan rings is 1. The molecule has 6 nitrogen and oxygen atoms in total. The first-order valence-corrected chi connectivity index (χ1v) is 9.81. The van der Waals surface area contributed by atoms with Crippen LogP contribution < -0.4 is 0 Å². The van der Waals surface area contributed by atoms with Gasteiger partial charge in [0.15, 0.2) is 0 Å². The minimum Gasteiger partial charge on any atom is -0.466 e. The molecular weight excluding hydrogens is 380 g/mol. The Labute approximate surface area is 170 Å². The van der Waals surface area contributed by atoms with Crippen molar-refractivity contribution in [1.29, 1.82) is 0 Å². The van der Waals surface area contributed by atoms with E-state index in [0.717, 1.165) is 11.3 Å². The summed E-state index contributed by atoms with van der Waals surface area (Å²) in [7, 11) is 0. The third kappa shape index (κ3) is 4.39. The fourth-order valence-corrected chi connectivity index (χ4v) is 3.68. The Balaban J connectivity index is 1.72. The summed E-state index contributed by atoms with van der Waals surface area (Å²) in [6.07, 6.45) is 0. The molecule has 0 bridgehead atoms. The van der Waals surface area contributed by atoms with Crippen molar-refractivity contribution >= 4 is 23.5 Å². The van der Waals surface area contributed by atoms with Gasteiger partial charge in [0.25, 0.3) is 5.91 Å². The predicted molar refractivity (Wildman–Crippen MR) is 106 cm³/mol. The number of ether oxygens (including phenoxy) is 1.